The molecule has 6 nitrogen and oxygen atoms in total. The zero-order valence-electron chi connectivity index (χ0n) is 14.6. The normalized spacial score (nSPS) is 18.5. The molecule has 1 aromatic carbocycles. The molecule has 2 aromatic rings. The number of hydrogen-bond acceptors (Lipinski definition) is 4. The molecule has 134 valence electrons. The van der Waals surface area contributed by atoms with Gasteiger partial charge >= 0.3 is 0 Å². The molecule has 0 saturated heterocycles. The Kier molecular flexibility index (Phi) is 4.37. The van der Waals surface area contributed by atoms with Gasteiger partial charge < -0.3 is 20.3 Å². The van der Waals surface area contributed by atoms with Crippen molar-refractivity contribution >= 4 is 22.9 Å². The van der Waals surface area contributed by atoms with Crippen molar-refractivity contribution in [1.82, 2.24) is 14.9 Å². The smallest absolute Gasteiger partial charge is 0.240 e. The van der Waals surface area contributed by atoms with E-state index in [1.807, 2.05) is 28.8 Å². The van der Waals surface area contributed by atoms with Crippen LogP contribution in [0.4, 0.5) is 5.95 Å². The minimum atomic E-state index is -0.476. The first-order valence-corrected chi connectivity index (χ1v) is 9.28. The van der Waals surface area contributed by atoms with Crippen LogP contribution in [0.25, 0.3) is 11.0 Å². The molecule has 6 heteroatoms. The lowest BCUT2D eigenvalue weighted by Gasteiger charge is -2.19. The topological polar surface area (TPSA) is 79.2 Å². The first-order chi connectivity index (χ1) is 12.1. The van der Waals surface area contributed by atoms with Gasteiger partial charge in [0, 0.05) is 12.6 Å². The molecule has 0 bridgehead atoms. The Morgan fingerprint density at radius 3 is 2.60 bits per heavy atom. The van der Waals surface area contributed by atoms with Crippen LogP contribution in [0.3, 0.4) is 0 Å². The van der Waals surface area contributed by atoms with Crippen molar-refractivity contribution in [2.24, 2.45) is 11.8 Å². The van der Waals surface area contributed by atoms with Gasteiger partial charge in [0.25, 0.3) is 0 Å². The summed E-state index contributed by atoms with van der Waals surface area (Å²) in [6.07, 6.45) is 4.51. The summed E-state index contributed by atoms with van der Waals surface area (Å²) in [6, 6.07) is 8.16. The highest BCUT2D eigenvalue weighted by atomic mass is 16.3. The minimum absolute atomic E-state index is 0.0482. The van der Waals surface area contributed by atoms with Gasteiger partial charge in [-0.25, -0.2) is 4.98 Å². The zero-order valence-corrected chi connectivity index (χ0v) is 14.6. The van der Waals surface area contributed by atoms with Crippen LogP contribution in [-0.4, -0.2) is 39.3 Å². The van der Waals surface area contributed by atoms with Crippen molar-refractivity contribution in [2.75, 3.05) is 11.9 Å². The Labute approximate surface area is 147 Å². The predicted octanol–water partition coefficient (Wildman–Crippen LogP) is 2.13. The molecule has 3 N–H and O–H groups in total. The van der Waals surface area contributed by atoms with Crippen LogP contribution in [0.5, 0.6) is 0 Å². The molecule has 25 heavy (non-hydrogen) atoms. The summed E-state index contributed by atoms with van der Waals surface area (Å²) in [7, 11) is 0. The molecule has 2 aliphatic rings. The highest BCUT2D eigenvalue weighted by Gasteiger charge is 2.42. The number of fused-ring (bicyclic) bond motifs is 1. The second kappa shape index (κ2) is 6.67. The molecule has 0 aliphatic heterocycles. The van der Waals surface area contributed by atoms with Gasteiger partial charge in [0.1, 0.15) is 6.54 Å². The summed E-state index contributed by atoms with van der Waals surface area (Å²) in [5.74, 6) is 2.05. The van der Waals surface area contributed by atoms with Crippen molar-refractivity contribution in [3.05, 3.63) is 24.3 Å². The maximum atomic E-state index is 12.7. The Morgan fingerprint density at radius 1 is 1.28 bits per heavy atom. The van der Waals surface area contributed by atoms with Crippen LogP contribution < -0.4 is 10.6 Å². The SMILES string of the molecule is CC(O)CNc1nc2ccccc2n1CC(=O)NC(C1CC1)C1CC1. The van der Waals surface area contributed by atoms with Crippen molar-refractivity contribution in [3.8, 4) is 0 Å². The Balaban J connectivity index is 1.52. The van der Waals surface area contributed by atoms with Gasteiger partial charge in [0.15, 0.2) is 0 Å². The molecule has 2 saturated carbocycles. The molecular weight excluding hydrogens is 316 g/mol. The molecule has 2 fully saturated rings. The molecule has 4 rings (SSSR count). The molecule has 0 radical (unpaired) electrons. The summed E-state index contributed by atoms with van der Waals surface area (Å²) < 4.78 is 1.91. The van der Waals surface area contributed by atoms with Gasteiger partial charge in [-0.15, -0.1) is 0 Å². The second-order valence-corrected chi connectivity index (χ2v) is 7.51. The molecule has 1 amide bonds. The Morgan fingerprint density at radius 2 is 1.96 bits per heavy atom. The number of nitrogens with zero attached hydrogens (tertiary/aromatic N) is 2. The quantitative estimate of drug-likeness (QED) is 0.687. The lowest BCUT2D eigenvalue weighted by Crippen LogP contribution is -2.40. The number of anilines is 1. The highest BCUT2D eigenvalue weighted by Crippen LogP contribution is 2.44. The predicted molar refractivity (Wildman–Crippen MR) is 97.3 cm³/mol. The van der Waals surface area contributed by atoms with Gasteiger partial charge in [-0.3, -0.25) is 4.79 Å². The molecule has 0 spiro atoms. The van der Waals surface area contributed by atoms with Crippen LogP contribution in [0, 0.1) is 11.8 Å². The number of imidazole rings is 1. The number of aliphatic hydroxyl groups excluding tert-OH is 1. The molecule has 1 aromatic heterocycles. The summed E-state index contributed by atoms with van der Waals surface area (Å²) in [4.78, 5) is 17.3. The summed E-state index contributed by atoms with van der Waals surface area (Å²) in [5, 5.41) is 16.0. The monoisotopic (exact) mass is 342 g/mol. The van der Waals surface area contributed by atoms with Crippen molar-refractivity contribution in [2.45, 2.75) is 51.3 Å². The van der Waals surface area contributed by atoms with Gasteiger partial charge in [-0.2, -0.15) is 0 Å². The van der Waals surface area contributed by atoms with Crippen molar-refractivity contribution < 1.29 is 9.90 Å². The van der Waals surface area contributed by atoms with Gasteiger partial charge in [0.2, 0.25) is 11.9 Å². The third-order valence-corrected chi connectivity index (χ3v) is 5.10. The van der Waals surface area contributed by atoms with Crippen LogP contribution >= 0.6 is 0 Å². The minimum Gasteiger partial charge on any atom is -0.392 e. The standard InChI is InChI=1S/C19H26N4O2/c1-12(24)10-20-19-21-15-4-2-3-5-16(15)23(19)11-17(25)22-18(13-6-7-13)14-8-9-14/h2-5,12-14,18,24H,6-11H2,1H3,(H,20,21)(H,22,25). The van der Waals surface area contributed by atoms with Crippen molar-refractivity contribution in [3.63, 3.8) is 0 Å². The zero-order chi connectivity index (χ0) is 17.4. The number of carbonyl (C=O) groups excluding carboxylic acids is 1. The van der Waals surface area contributed by atoms with Crippen LogP contribution in [-0.2, 0) is 11.3 Å². The van der Waals surface area contributed by atoms with E-state index in [2.05, 4.69) is 15.6 Å². The largest absolute Gasteiger partial charge is 0.392 e. The van der Waals surface area contributed by atoms with Gasteiger partial charge in [0.05, 0.1) is 17.1 Å². The molecule has 1 atom stereocenters. The fourth-order valence-corrected chi connectivity index (χ4v) is 3.52. The third kappa shape index (κ3) is 3.79. The number of aliphatic hydroxyl groups is 1. The second-order valence-electron chi connectivity index (χ2n) is 7.51. The summed E-state index contributed by atoms with van der Waals surface area (Å²) >= 11 is 0. The van der Waals surface area contributed by atoms with E-state index in [0.717, 1.165) is 11.0 Å². The van der Waals surface area contributed by atoms with E-state index in [0.29, 0.717) is 30.4 Å². The fraction of sp³-hybridized carbons (Fsp3) is 0.579. The Bertz CT molecular complexity index is 750. The maximum absolute atomic E-state index is 12.7. The van der Waals surface area contributed by atoms with Crippen LogP contribution in [0.2, 0.25) is 0 Å². The van der Waals surface area contributed by atoms with E-state index in [4.69, 9.17) is 0 Å². The number of amides is 1. The lowest BCUT2D eigenvalue weighted by molar-refractivity contribution is -0.122. The lowest BCUT2D eigenvalue weighted by atomic mass is 10.1. The van der Waals surface area contributed by atoms with E-state index in [1.165, 1.54) is 25.7 Å². The molecule has 1 heterocycles. The highest BCUT2D eigenvalue weighted by molar-refractivity contribution is 5.83. The van der Waals surface area contributed by atoms with E-state index in [1.54, 1.807) is 6.92 Å². The van der Waals surface area contributed by atoms with E-state index >= 15 is 0 Å². The number of aromatic nitrogens is 2. The van der Waals surface area contributed by atoms with E-state index in [-0.39, 0.29) is 12.5 Å². The maximum Gasteiger partial charge on any atom is 0.240 e. The van der Waals surface area contributed by atoms with Crippen molar-refractivity contribution in [1.29, 1.82) is 0 Å². The average Bonchev–Trinajstić information content (AvgIpc) is 3.49. The van der Waals surface area contributed by atoms with Gasteiger partial charge in [-0.05, 0) is 56.6 Å². The van der Waals surface area contributed by atoms with Gasteiger partial charge in [-0.1, -0.05) is 12.1 Å². The fourth-order valence-electron chi connectivity index (χ4n) is 3.52. The van der Waals surface area contributed by atoms with E-state index < -0.39 is 6.10 Å². The number of carbonyl (C=O) groups is 1. The number of nitrogens with one attached hydrogen (secondary N) is 2. The molecular formula is C19H26N4O2. The third-order valence-electron chi connectivity index (χ3n) is 5.10. The number of rotatable bonds is 8. The molecule has 2 aliphatic carbocycles. The summed E-state index contributed by atoms with van der Waals surface area (Å²) in [5.41, 5.74) is 1.78. The van der Waals surface area contributed by atoms with E-state index in [9.17, 15) is 9.90 Å². The number of para-hydroxylation sites is 2. The molecule has 1 unspecified atom stereocenters. The number of hydrogen-bond donors (Lipinski definition) is 3. The first kappa shape index (κ1) is 16.4. The first-order valence-electron chi connectivity index (χ1n) is 9.28. The van der Waals surface area contributed by atoms with Crippen LogP contribution in [0.1, 0.15) is 32.6 Å². The van der Waals surface area contributed by atoms with Crippen LogP contribution in [0.15, 0.2) is 24.3 Å². The Hall–Kier alpha value is -2.08. The number of benzene rings is 1. The summed E-state index contributed by atoms with van der Waals surface area (Å²) in [6.45, 7) is 2.37. The average molecular weight is 342 g/mol.